The van der Waals surface area contributed by atoms with E-state index in [1.807, 2.05) is 0 Å². The van der Waals surface area contributed by atoms with E-state index in [0.717, 1.165) is 6.07 Å². The van der Waals surface area contributed by atoms with Gasteiger partial charge in [-0.1, -0.05) is 0 Å². The zero-order valence-electron chi connectivity index (χ0n) is 10.8. The lowest BCUT2D eigenvalue weighted by Crippen LogP contribution is -2.16. The molecular formula is C12H14F3NO3. The number of hydrogen-bond acceptors (Lipinski definition) is 4. The van der Waals surface area contributed by atoms with Crippen LogP contribution in [0.2, 0.25) is 0 Å². The average Bonchev–Trinajstić information content (AvgIpc) is 2.27. The van der Waals surface area contributed by atoms with E-state index in [4.69, 9.17) is 9.47 Å². The Morgan fingerprint density at radius 1 is 1.32 bits per heavy atom. The van der Waals surface area contributed by atoms with Crippen molar-refractivity contribution in [1.29, 1.82) is 0 Å². The largest absolute Gasteiger partial charge is 0.477 e. The number of ether oxygens (including phenoxy) is 2. The average molecular weight is 277 g/mol. The van der Waals surface area contributed by atoms with E-state index < -0.39 is 17.8 Å². The van der Waals surface area contributed by atoms with Crippen LogP contribution < -0.4 is 4.74 Å². The van der Waals surface area contributed by atoms with Crippen LogP contribution in [0.1, 0.15) is 35.5 Å². The Hall–Kier alpha value is -1.79. The first-order valence-electron chi connectivity index (χ1n) is 5.70. The monoisotopic (exact) mass is 277 g/mol. The molecule has 0 saturated heterocycles. The summed E-state index contributed by atoms with van der Waals surface area (Å²) in [4.78, 5) is 15.0. The molecule has 0 spiro atoms. The third-order valence-corrected chi connectivity index (χ3v) is 2.23. The number of pyridine rings is 1. The van der Waals surface area contributed by atoms with Crippen molar-refractivity contribution in [1.82, 2.24) is 4.98 Å². The standard InChI is InChI=1S/C12H14F3NO3/c1-4-18-10-9(11(17)19-5-2)7(3)6-8(16-10)12(13,14)15/h6H,4-5H2,1-3H3. The van der Waals surface area contributed by atoms with Gasteiger partial charge < -0.3 is 9.47 Å². The van der Waals surface area contributed by atoms with Gasteiger partial charge in [-0.3, -0.25) is 0 Å². The molecule has 0 unspecified atom stereocenters. The summed E-state index contributed by atoms with van der Waals surface area (Å²) in [5, 5.41) is 0. The quantitative estimate of drug-likeness (QED) is 0.794. The minimum Gasteiger partial charge on any atom is -0.477 e. The first-order chi connectivity index (χ1) is 8.81. The lowest BCUT2D eigenvalue weighted by atomic mass is 10.1. The molecule has 0 aliphatic rings. The number of carbonyl (C=O) groups is 1. The predicted octanol–water partition coefficient (Wildman–Crippen LogP) is 2.98. The Labute approximate surface area is 108 Å². The summed E-state index contributed by atoms with van der Waals surface area (Å²) in [5.74, 6) is -1.10. The topological polar surface area (TPSA) is 48.4 Å². The second-order valence-electron chi connectivity index (χ2n) is 3.66. The molecule has 7 heteroatoms. The van der Waals surface area contributed by atoms with Crippen molar-refractivity contribution in [2.75, 3.05) is 13.2 Å². The summed E-state index contributed by atoms with van der Waals surface area (Å²) in [6, 6.07) is 0.800. The van der Waals surface area contributed by atoms with Crippen LogP contribution in [-0.2, 0) is 10.9 Å². The van der Waals surface area contributed by atoms with Crippen LogP contribution in [0.3, 0.4) is 0 Å². The van der Waals surface area contributed by atoms with Gasteiger partial charge in [0.25, 0.3) is 0 Å². The maximum Gasteiger partial charge on any atom is 0.433 e. The van der Waals surface area contributed by atoms with Gasteiger partial charge in [0.15, 0.2) is 0 Å². The maximum atomic E-state index is 12.6. The van der Waals surface area contributed by atoms with Crippen molar-refractivity contribution in [3.8, 4) is 5.88 Å². The molecule has 1 rings (SSSR count). The van der Waals surface area contributed by atoms with E-state index in [0.29, 0.717) is 0 Å². The van der Waals surface area contributed by atoms with Crippen LogP contribution >= 0.6 is 0 Å². The molecule has 0 saturated carbocycles. The molecule has 19 heavy (non-hydrogen) atoms. The fraction of sp³-hybridized carbons (Fsp3) is 0.500. The summed E-state index contributed by atoms with van der Waals surface area (Å²) in [6.45, 7) is 4.79. The Balaban J connectivity index is 3.34. The third kappa shape index (κ3) is 3.59. The normalized spacial score (nSPS) is 11.3. The minimum atomic E-state index is -4.59. The Morgan fingerprint density at radius 2 is 1.95 bits per heavy atom. The molecule has 0 fully saturated rings. The van der Waals surface area contributed by atoms with Gasteiger partial charge >= 0.3 is 12.1 Å². The van der Waals surface area contributed by atoms with Crippen LogP contribution in [0, 0.1) is 6.92 Å². The molecule has 0 aromatic carbocycles. The first-order valence-corrected chi connectivity index (χ1v) is 5.70. The molecule has 0 bridgehead atoms. The van der Waals surface area contributed by atoms with Crippen LogP contribution in [0.5, 0.6) is 5.88 Å². The number of alkyl halides is 3. The van der Waals surface area contributed by atoms with E-state index in [1.165, 1.54) is 6.92 Å². The number of hydrogen-bond donors (Lipinski definition) is 0. The van der Waals surface area contributed by atoms with Gasteiger partial charge in [0.1, 0.15) is 11.3 Å². The fourth-order valence-corrected chi connectivity index (χ4v) is 1.48. The van der Waals surface area contributed by atoms with Crippen molar-refractivity contribution in [2.45, 2.75) is 26.9 Å². The molecule has 0 radical (unpaired) electrons. The SMILES string of the molecule is CCOC(=O)c1c(C)cc(C(F)(F)F)nc1OCC. The summed E-state index contributed by atoms with van der Waals surface area (Å²) in [7, 11) is 0. The molecular weight excluding hydrogens is 263 g/mol. The highest BCUT2D eigenvalue weighted by Gasteiger charge is 2.35. The highest BCUT2D eigenvalue weighted by atomic mass is 19.4. The predicted molar refractivity (Wildman–Crippen MR) is 61.1 cm³/mol. The highest BCUT2D eigenvalue weighted by Crippen LogP contribution is 2.32. The summed E-state index contributed by atoms with van der Waals surface area (Å²) >= 11 is 0. The molecule has 0 aliphatic carbocycles. The van der Waals surface area contributed by atoms with Gasteiger partial charge in [0.2, 0.25) is 5.88 Å². The van der Waals surface area contributed by atoms with Crippen LogP contribution in [0.15, 0.2) is 6.07 Å². The van der Waals surface area contributed by atoms with Crippen molar-refractivity contribution in [3.63, 3.8) is 0 Å². The fourth-order valence-electron chi connectivity index (χ4n) is 1.48. The van der Waals surface area contributed by atoms with Crippen molar-refractivity contribution in [2.24, 2.45) is 0 Å². The van der Waals surface area contributed by atoms with E-state index >= 15 is 0 Å². The number of aromatic nitrogens is 1. The summed E-state index contributed by atoms with van der Waals surface area (Å²) in [6.07, 6.45) is -4.59. The number of nitrogens with zero attached hydrogens (tertiary/aromatic N) is 1. The van der Waals surface area contributed by atoms with Gasteiger partial charge in [0, 0.05) is 0 Å². The van der Waals surface area contributed by atoms with E-state index in [-0.39, 0.29) is 30.2 Å². The number of halogens is 3. The van der Waals surface area contributed by atoms with E-state index in [1.54, 1.807) is 13.8 Å². The Kier molecular flexibility index (Phi) is 4.74. The Bertz CT molecular complexity index is 472. The van der Waals surface area contributed by atoms with Crippen molar-refractivity contribution < 1.29 is 27.4 Å². The van der Waals surface area contributed by atoms with E-state index in [9.17, 15) is 18.0 Å². The molecule has 0 aliphatic heterocycles. The highest BCUT2D eigenvalue weighted by molar-refractivity contribution is 5.93. The minimum absolute atomic E-state index is 0.0725. The first kappa shape index (κ1) is 15.3. The van der Waals surface area contributed by atoms with Gasteiger partial charge in [-0.25, -0.2) is 9.78 Å². The van der Waals surface area contributed by atoms with E-state index in [2.05, 4.69) is 4.98 Å². The second kappa shape index (κ2) is 5.90. The molecule has 0 N–H and O–H groups in total. The molecule has 4 nitrogen and oxygen atoms in total. The lowest BCUT2D eigenvalue weighted by Gasteiger charge is -2.14. The molecule has 106 valence electrons. The van der Waals surface area contributed by atoms with Crippen LogP contribution in [0.4, 0.5) is 13.2 Å². The van der Waals surface area contributed by atoms with Gasteiger partial charge in [-0.2, -0.15) is 13.2 Å². The Morgan fingerprint density at radius 3 is 2.42 bits per heavy atom. The zero-order valence-corrected chi connectivity index (χ0v) is 10.8. The molecule has 1 aromatic heterocycles. The zero-order chi connectivity index (χ0) is 14.6. The smallest absolute Gasteiger partial charge is 0.433 e. The third-order valence-electron chi connectivity index (χ3n) is 2.23. The second-order valence-corrected chi connectivity index (χ2v) is 3.66. The molecule has 0 atom stereocenters. The van der Waals surface area contributed by atoms with Crippen LogP contribution in [-0.4, -0.2) is 24.2 Å². The number of carbonyl (C=O) groups excluding carboxylic acids is 1. The van der Waals surface area contributed by atoms with Crippen molar-refractivity contribution in [3.05, 3.63) is 22.9 Å². The molecule has 1 aromatic rings. The van der Waals surface area contributed by atoms with Crippen molar-refractivity contribution >= 4 is 5.97 Å². The maximum absolute atomic E-state index is 12.6. The van der Waals surface area contributed by atoms with Gasteiger partial charge in [0.05, 0.1) is 13.2 Å². The molecule has 1 heterocycles. The summed E-state index contributed by atoms with van der Waals surface area (Å²) < 4.78 is 47.7. The number of rotatable bonds is 4. The van der Waals surface area contributed by atoms with Gasteiger partial charge in [-0.15, -0.1) is 0 Å². The number of esters is 1. The summed E-state index contributed by atoms with van der Waals surface area (Å²) in [5.41, 5.74) is -1.05. The number of aryl methyl sites for hydroxylation is 1. The lowest BCUT2D eigenvalue weighted by molar-refractivity contribution is -0.141. The van der Waals surface area contributed by atoms with Crippen LogP contribution in [0.25, 0.3) is 0 Å². The van der Waals surface area contributed by atoms with Gasteiger partial charge in [-0.05, 0) is 32.4 Å². The molecule has 0 amide bonds.